The fourth-order valence-electron chi connectivity index (χ4n) is 5.96. The molecule has 208 valence electrons. The van der Waals surface area contributed by atoms with Crippen LogP contribution in [0, 0.1) is 5.82 Å². The first-order valence-corrected chi connectivity index (χ1v) is 14.0. The summed E-state index contributed by atoms with van der Waals surface area (Å²) in [6, 6.07) is 10.7. The van der Waals surface area contributed by atoms with Crippen LogP contribution in [-0.4, -0.2) is 46.5 Å². The molecule has 10 heteroatoms. The minimum Gasteiger partial charge on any atom is -0.354 e. The van der Waals surface area contributed by atoms with Gasteiger partial charge in [0.05, 0.1) is 23.1 Å². The fourth-order valence-corrected chi connectivity index (χ4v) is 5.96. The highest BCUT2D eigenvalue weighted by molar-refractivity contribution is 6.06. The summed E-state index contributed by atoms with van der Waals surface area (Å²) in [5, 5.41) is 9.81. The zero-order valence-electron chi connectivity index (χ0n) is 22.9. The third kappa shape index (κ3) is 4.56. The molecule has 2 aliphatic heterocycles. The van der Waals surface area contributed by atoms with Gasteiger partial charge in [-0.1, -0.05) is 26.3 Å². The summed E-state index contributed by atoms with van der Waals surface area (Å²) in [6.45, 7) is 8.17. The molecule has 0 spiro atoms. The smallest absolute Gasteiger partial charge is 0.254 e. The Labute approximate surface area is 233 Å². The highest BCUT2D eigenvalue weighted by Crippen LogP contribution is 2.38. The van der Waals surface area contributed by atoms with E-state index >= 15 is 0 Å². The Morgan fingerprint density at radius 3 is 2.75 bits per heavy atom. The van der Waals surface area contributed by atoms with E-state index in [0.29, 0.717) is 29.3 Å². The Kier molecular flexibility index (Phi) is 6.89. The molecule has 1 unspecified atom stereocenters. The lowest BCUT2D eigenvalue weighted by Crippen LogP contribution is -2.46. The molecule has 2 aliphatic rings. The van der Waals surface area contributed by atoms with Crippen molar-refractivity contribution >= 4 is 28.9 Å². The zero-order valence-corrected chi connectivity index (χ0v) is 22.9. The Morgan fingerprint density at radius 2 is 1.98 bits per heavy atom. The number of hydrogen-bond donors (Lipinski definition) is 4. The van der Waals surface area contributed by atoms with Crippen LogP contribution < -0.4 is 26.6 Å². The SMILES string of the molecule is CCCC(N)(CC)c1ccc(Nc2ccc(-c3cnc4cc(F)ccn34)c3c2C(=O)NC3)nc1N1CCNCC1. The number of imidazole rings is 1. The first-order valence-electron chi connectivity index (χ1n) is 14.0. The van der Waals surface area contributed by atoms with Crippen LogP contribution in [0.4, 0.5) is 21.7 Å². The van der Waals surface area contributed by atoms with Gasteiger partial charge < -0.3 is 26.6 Å². The number of nitrogens with two attached hydrogens (primary N) is 1. The average molecular weight is 543 g/mol. The lowest BCUT2D eigenvalue weighted by atomic mass is 9.84. The Bertz CT molecular complexity index is 1580. The second kappa shape index (κ2) is 10.5. The molecular weight excluding hydrogens is 507 g/mol. The number of rotatable bonds is 8. The number of pyridine rings is 2. The summed E-state index contributed by atoms with van der Waals surface area (Å²) in [5.41, 5.74) is 11.9. The van der Waals surface area contributed by atoms with Crippen molar-refractivity contribution in [3.63, 3.8) is 0 Å². The lowest BCUT2D eigenvalue weighted by Gasteiger charge is -2.36. The molecule has 1 fully saturated rings. The maximum absolute atomic E-state index is 13.7. The van der Waals surface area contributed by atoms with Gasteiger partial charge in [-0.2, -0.15) is 0 Å². The van der Waals surface area contributed by atoms with E-state index in [9.17, 15) is 9.18 Å². The molecule has 40 heavy (non-hydrogen) atoms. The number of hydrogen-bond acceptors (Lipinski definition) is 7. The standard InChI is InChI=1S/C30H35FN8O/c1-3-10-30(32,4-2)22-6-8-25(37-28(22)38-14-11-33-12-15-38)36-23-7-5-20(21-17-35-29(40)27(21)23)24-18-34-26-16-19(31)9-13-39(24)26/h5-9,13,16,18,33H,3-4,10-12,14-15,17,32H2,1-2H3,(H,35,40)(H,36,37). The van der Waals surface area contributed by atoms with Gasteiger partial charge in [0, 0.05) is 61.7 Å². The molecule has 0 aliphatic carbocycles. The van der Waals surface area contributed by atoms with Crippen molar-refractivity contribution in [2.45, 2.75) is 45.2 Å². The molecule has 5 heterocycles. The normalized spacial score (nSPS) is 16.6. The van der Waals surface area contributed by atoms with Crippen molar-refractivity contribution in [1.82, 2.24) is 25.0 Å². The number of amides is 1. The van der Waals surface area contributed by atoms with Gasteiger partial charge in [0.2, 0.25) is 0 Å². The average Bonchev–Trinajstić information content (AvgIpc) is 3.57. The van der Waals surface area contributed by atoms with Crippen molar-refractivity contribution in [3.8, 4) is 11.3 Å². The third-order valence-corrected chi connectivity index (χ3v) is 8.13. The summed E-state index contributed by atoms with van der Waals surface area (Å²) in [4.78, 5) is 24.8. The molecule has 1 atom stereocenters. The topological polar surface area (TPSA) is 113 Å². The molecule has 1 saturated heterocycles. The molecule has 1 amide bonds. The van der Waals surface area contributed by atoms with E-state index in [4.69, 9.17) is 10.7 Å². The number of nitrogens with one attached hydrogen (secondary N) is 3. The maximum Gasteiger partial charge on any atom is 0.254 e. The van der Waals surface area contributed by atoms with E-state index in [1.807, 2.05) is 22.6 Å². The van der Waals surface area contributed by atoms with Crippen molar-refractivity contribution < 1.29 is 9.18 Å². The predicted octanol–water partition coefficient (Wildman–Crippen LogP) is 4.30. The van der Waals surface area contributed by atoms with Crippen LogP contribution in [-0.2, 0) is 12.1 Å². The molecule has 4 aromatic rings. The number of piperazine rings is 1. The molecule has 9 nitrogen and oxygen atoms in total. The summed E-state index contributed by atoms with van der Waals surface area (Å²) in [7, 11) is 0. The predicted molar refractivity (Wildman–Crippen MR) is 155 cm³/mol. The summed E-state index contributed by atoms with van der Waals surface area (Å²) in [5.74, 6) is 1.07. The van der Waals surface area contributed by atoms with Gasteiger partial charge in [-0.25, -0.2) is 14.4 Å². The molecule has 5 N–H and O–H groups in total. The third-order valence-electron chi connectivity index (χ3n) is 8.13. The number of benzene rings is 1. The lowest BCUT2D eigenvalue weighted by molar-refractivity contribution is 0.0966. The summed E-state index contributed by atoms with van der Waals surface area (Å²) < 4.78 is 15.6. The Balaban J connectivity index is 1.40. The van der Waals surface area contributed by atoms with E-state index in [2.05, 4.69) is 45.7 Å². The maximum atomic E-state index is 13.7. The molecule has 1 aromatic carbocycles. The first-order chi connectivity index (χ1) is 19.4. The zero-order chi connectivity index (χ0) is 27.9. The van der Waals surface area contributed by atoms with Crippen LogP contribution in [0.15, 0.2) is 48.8 Å². The van der Waals surface area contributed by atoms with Crippen LogP contribution in [0.1, 0.15) is 54.6 Å². The van der Waals surface area contributed by atoms with E-state index < -0.39 is 5.54 Å². The number of fused-ring (bicyclic) bond motifs is 2. The minimum atomic E-state index is -0.458. The molecule has 3 aromatic heterocycles. The summed E-state index contributed by atoms with van der Waals surface area (Å²) >= 11 is 0. The van der Waals surface area contributed by atoms with Gasteiger partial charge in [0.1, 0.15) is 23.1 Å². The minimum absolute atomic E-state index is 0.145. The fraction of sp³-hybridized carbons (Fsp3) is 0.367. The van der Waals surface area contributed by atoms with Crippen molar-refractivity contribution in [2.24, 2.45) is 5.73 Å². The molecule has 0 bridgehead atoms. The van der Waals surface area contributed by atoms with Gasteiger partial charge in [-0.15, -0.1) is 0 Å². The quantitative estimate of drug-likeness (QED) is 0.263. The van der Waals surface area contributed by atoms with Crippen molar-refractivity contribution in [3.05, 3.63) is 71.3 Å². The van der Waals surface area contributed by atoms with E-state index in [1.54, 1.807) is 12.4 Å². The van der Waals surface area contributed by atoms with Gasteiger partial charge >= 0.3 is 0 Å². The van der Waals surface area contributed by atoms with E-state index in [-0.39, 0.29) is 11.7 Å². The van der Waals surface area contributed by atoms with Crippen molar-refractivity contribution in [2.75, 3.05) is 36.4 Å². The van der Waals surface area contributed by atoms with Crippen LogP contribution in [0.2, 0.25) is 0 Å². The van der Waals surface area contributed by atoms with Crippen LogP contribution in [0.3, 0.4) is 0 Å². The van der Waals surface area contributed by atoms with Crippen LogP contribution in [0.5, 0.6) is 0 Å². The number of halogens is 1. The van der Waals surface area contributed by atoms with Gasteiger partial charge in [0.15, 0.2) is 0 Å². The molecule has 6 rings (SSSR count). The Morgan fingerprint density at radius 1 is 1.15 bits per heavy atom. The number of carbonyl (C=O) groups excluding carboxylic acids is 1. The highest BCUT2D eigenvalue weighted by atomic mass is 19.1. The number of nitrogens with zero attached hydrogens (tertiary/aromatic N) is 4. The van der Waals surface area contributed by atoms with E-state index in [1.165, 1.54) is 12.1 Å². The highest BCUT2D eigenvalue weighted by Gasteiger charge is 2.31. The van der Waals surface area contributed by atoms with Crippen LogP contribution >= 0.6 is 0 Å². The number of anilines is 3. The Hall–Kier alpha value is -4.02. The first kappa shape index (κ1) is 26.2. The van der Waals surface area contributed by atoms with Crippen LogP contribution in [0.25, 0.3) is 16.9 Å². The van der Waals surface area contributed by atoms with Gasteiger partial charge in [-0.3, -0.25) is 9.20 Å². The largest absolute Gasteiger partial charge is 0.354 e. The molecule has 0 radical (unpaired) electrons. The number of aromatic nitrogens is 3. The molecular formula is C30H35FN8O. The van der Waals surface area contributed by atoms with Gasteiger partial charge in [0.25, 0.3) is 5.91 Å². The molecule has 0 saturated carbocycles. The second-order valence-corrected chi connectivity index (χ2v) is 10.6. The van der Waals surface area contributed by atoms with E-state index in [0.717, 1.165) is 73.6 Å². The summed E-state index contributed by atoms with van der Waals surface area (Å²) in [6.07, 6.45) is 6.05. The van der Waals surface area contributed by atoms with Crippen molar-refractivity contribution in [1.29, 1.82) is 0 Å². The van der Waals surface area contributed by atoms with Gasteiger partial charge in [-0.05, 0) is 42.7 Å². The monoisotopic (exact) mass is 542 g/mol. The number of carbonyl (C=O) groups is 1. The second-order valence-electron chi connectivity index (χ2n) is 10.6.